The summed E-state index contributed by atoms with van der Waals surface area (Å²) in [4.78, 5) is 22.4. The average Bonchev–Trinajstić information content (AvgIpc) is 3.30. The van der Waals surface area contributed by atoms with Gasteiger partial charge in [0.2, 0.25) is 0 Å². The van der Waals surface area contributed by atoms with Gasteiger partial charge in [-0.1, -0.05) is 42.5 Å². The molecule has 1 aromatic heterocycles. The first-order chi connectivity index (χ1) is 16.2. The molecular formula is C27H29N5O. The van der Waals surface area contributed by atoms with Gasteiger partial charge in [-0.25, -0.2) is 4.98 Å². The van der Waals surface area contributed by atoms with Gasteiger partial charge in [0.1, 0.15) is 6.33 Å². The van der Waals surface area contributed by atoms with Crippen LogP contribution in [0, 0.1) is 0 Å². The summed E-state index contributed by atoms with van der Waals surface area (Å²) in [6, 6.07) is 26.0. The number of aromatic nitrogens is 2. The minimum absolute atomic E-state index is 0.0555. The zero-order valence-corrected chi connectivity index (χ0v) is 18.9. The maximum absolute atomic E-state index is 13.2. The number of likely N-dealkylation sites (N-methyl/N-ethyl adjacent to an activating group) is 1. The van der Waals surface area contributed by atoms with Crippen LogP contribution in [0.15, 0.2) is 85.2 Å². The molecule has 6 nitrogen and oxygen atoms in total. The Hall–Kier alpha value is -3.48. The Labute approximate surface area is 194 Å². The molecule has 0 spiro atoms. The Morgan fingerprint density at radius 1 is 0.909 bits per heavy atom. The second-order valence-electron chi connectivity index (χ2n) is 8.69. The van der Waals surface area contributed by atoms with Crippen molar-refractivity contribution in [2.24, 2.45) is 0 Å². The van der Waals surface area contributed by atoms with Crippen molar-refractivity contribution in [2.45, 2.75) is 6.04 Å². The second-order valence-corrected chi connectivity index (χ2v) is 8.69. The summed E-state index contributed by atoms with van der Waals surface area (Å²) in [6.45, 7) is 4.95. The van der Waals surface area contributed by atoms with E-state index in [9.17, 15) is 4.79 Å². The zero-order valence-electron chi connectivity index (χ0n) is 18.9. The van der Waals surface area contributed by atoms with Crippen molar-refractivity contribution in [3.63, 3.8) is 0 Å². The summed E-state index contributed by atoms with van der Waals surface area (Å²) in [7, 11) is 2.16. The lowest BCUT2D eigenvalue weighted by molar-refractivity contribution is 0.0907. The first kappa shape index (κ1) is 21.4. The Kier molecular flexibility index (Phi) is 6.19. The van der Waals surface area contributed by atoms with Crippen LogP contribution < -0.4 is 5.32 Å². The van der Waals surface area contributed by atoms with Gasteiger partial charge >= 0.3 is 0 Å². The number of rotatable bonds is 6. The van der Waals surface area contributed by atoms with E-state index in [0.717, 1.165) is 55.0 Å². The quantitative estimate of drug-likeness (QED) is 0.497. The monoisotopic (exact) mass is 439 g/mol. The second kappa shape index (κ2) is 9.57. The highest BCUT2D eigenvalue weighted by Crippen LogP contribution is 2.20. The average molecular weight is 440 g/mol. The predicted molar refractivity (Wildman–Crippen MR) is 132 cm³/mol. The lowest BCUT2D eigenvalue weighted by Gasteiger charge is -2.35. The third-order valence-electron chi connectivity index (χ3n) is 6.41. The Morgan fingerprint density at radius 2 is 1.61 bits per heavy atom. The van der Waals surface area contributed by atoms with Crippen LogP contribution in [-0.4, -0.2) is 65.0 Å². The summed E-state index contributed by atoms with van der Waals surface area (Å²) in [5.41, 5.74) is 4.77. The number of carbonyl (C=O) groups excluding carboxylic acids is 1. The fraction of sp³-hybridized carbons (Fsp3) is 0.259. The first-order valence-electron chi connectivity index (χ1n) is 11.5. The van der Waals surface area contributed by atoms with Crippen LogP contribution in [0.3, 0.4) is 0 Å². The van der Waals surface area contributed by atoms with E-state index < -0.39 is 0 Å². The molecule has 1 fully saturated rings. The lowest BCUT2D eigenvalue weighted by Crippen LogP contribution is -2.47. The van der Waals surface area contributed by atoms with Crippen LogP contribution in [0.1, 0.15) is 22.0 Å². The highest BCUT2D eigenvalue weighted by atomic mass is 16.1. The summed E-state index contributed by atoms with van der Waals surface area (Å²) in [6.07, 6.45) is 1.82. The van der Waals surface area contributed by atoms with Gasteiger partial charge in [-0.3, -0.25) is 14.3 Å². The van der Waals surface area contributed by atoms with Crippen molar-refractivity contribution in [3.8, 4) is 5.69 Å². The molecule has 1 unspecified atom stereocenters. The van der Waals surface area contributed by atoms with Crippen LogP contribution in [0.4, 0.5) is 0 Å². The molecular weight excluding hydrogens is 410 g/mol. The van der Waals surface area contributed by atoms with E-state index in [0.29, 0.717) is 5.56 Å². The number of carbonyl (C=O) groups is 1. The van der Waals surface area contributed by atoms with Crippen LogP contribution in [0.5, 0.6) is 0 Å². The largest absolute Gasteiger partial charge is 0.344 e. The number of piperazine rings is 1. The molecule has 4 aromatic rings. The number of nitrogens with zero attached hydrogens (tertiary/aromatic N) is 4. The number of hydrogen-bond donors (Lipinski definition) is 1. The number of imidazole rings is 1. The van der Waals surface area contributed by atoms with Crippen molar-refractivity contribution in [2.75, 3.05) is 39.8 Å². The molecule has 1 atom stereocenters. The highest BCUT2D eigenvalue weighted by Gasteiger charge is 2.21. The van der Waals surface area contributed by atoms with E-state index in [2.05, 4.69) is 39.3 Å². The number of amides is 1. The molecule has 3 aromatic carbocycles. The van der Waals surface area contributed by atoms with Crippen LogP contribution >= 0.6 is 0 Å². The fourth-order valence-electron chi connectivity index (χ4n) is 4.39. The van der Waals surface area contributed by atoms with Gasteiger partial charge in [0.25, 0.3) is 5.91 Å². The standard InChI is InChI=1S/C27H29N5O/c1-30-15-17-31(18-16-30)19-25(21-7-3-2-4-8-21)29-27(33)22-11-13-23(14-12-22)32-20-28-24-9-5-6-10-26(24)32/h2-14,20,25H,15-19H2,1H3,(H,29,33). The van der Waals surface area contributed by atoms with Gasteiger partial charge in [-0.05, 0) is 49.0 Å². The summed E-state index contributed by atoms with van der Waals surface area (Å²) < 4.78 is 2.04. The summed E-state index contributed by atoms with van der Waals surface area (Å²) in [5, 5.41) is 3.28. The third-order valence-corrected chi connectivity index (χ3v) is 6.41. The maximum Gasteiger partial charge on any atom is 0.251 e. The van der Waals surface area contributed by atoms with Gasteiger partial charge in [-0.2, -0.15) is 0 Å². The molecule has 2 heterocycles. The van der Waals surface area contributed by atoms with Crippen molar-refractivity contribution < 1.29 is 4.79 Å². The molecule has 0 bridgehead atoms. The molecule has 1 aliphatic heterocycles. The van der Waals surface area contributed by atoms with E-state index in [-0.39, 0.29) is 11.9 Å². The molecule has 6 heteroatoms. The smallest absolute Gasteiger partial charge is 0.251 e. The van der Waals surface area contributed by atoms with E-state index in [1.54, 1.807) is 0 Å². The molecule has 0 aliphatic carbocycles. The molecule has 1 saturated heterocycles. The molecule has 1 amide bonds. The minimum atomic E-state index is -0.0561. The van der Waals surface area contributed by atoms with Crippen LogP contribution in [-0.2, 0) is 0 Å². The topological polar surface area (TPSA) is 53.4 Å². The zero-order chi connectivity index (χ0) is 22.6. The van der Waals surface area contributed by atoms with Gasteiger partial charge in [0.15, 0.2) is 0 Å². The predicted octanol–water partition coefficient (Wildman–Crippen LogP) is 3.74. The summed E-state index contributed by atoms with van der Waals surface area (Å²) >= 11 is 0. The SMILES string of the molecule is CN1CCN(CC(NC(=O)c2ccc(-n3cnc4ccccc43)cc2)c2ccccc2)CC1. The molecule has 5 rings (SSSR count). The normalized spacial score (nSPS) is 16.0. The van der Waals surface area contributed by atoms with Crippen LogP contribution in [0.25, 0.3) is 16.7 Å². The van der Waals surface area contributed by atoms with Crippen molar-refractivity contribution in [1.29, 1.82) is 0 Å². The van der Waals surface area contributed by atoms with Crippen molar-refractivity contribution >= 4 is 16.9 Å². The molecule has 0 saturated carbocycles. The third kappa shape index (κ3) is 4.82. The Bertz CT molecular complexity index is 1210. The summed E-state index contributed by atoms with van der Waals surface area (Å²) in [5.74, 6) is -0.0555. The van der Waals surface area contributed by atoms with Crippen molar-refractivity contribution in [3.05, 3.63) is 96.3 Å². The number of benzene rings is 3. The first-order valence-corrected chi connectivity index (χ1v) is 11.5. The molecule has 1 aliphatic rings. The highest BCUT2D eigenvalue weighted by molar-refractivity contribution is 5.94. The molecule has 0 radical (unpaired) electrons. The van der Waals surface area contributed by atoms with Gasteiger partial charge < -0.3 is 10.2 Å². The van der Waals surface area contributed by atoms with E-state index >= 15 is 0 Å². The maximum atomic E-state index is 13.2. The number of fused-ring (bicyclic) bond motifs is 1. The van der Waals surface area contributed by atoms with E-state index in [4.69, 9.17) is 0 Å². The van der Waals surface area contributed by atoms with Gasteiger partial charge in [0.05, 0.1) is 17.1 Å². The van der Waals surface area contributed by atoms with E-state index in [1.807, 2.05) is 77.6 Å². The van der Waals surface area contributed by atoms with Crippen molar-refractivity contribution in [1.82, 2.24) is 24.7 Å². The van der Waals surface area contributed by atoms with Gasteiger partial charge in [0, 0.05) is 44.0 Å². The fourth-order valence-corrected chi connectivity index (χ4v) is 4.39. The Balaban J connectivity index is 1.32. The molecule has 33 heavy (non-hydrogen) atoms. The number of nitrogens with one attached hydrogen (secondary N) is 1. The lowest BCUT2D eigenvalue weighted by atomic mass is 10.0. The number of hydrogen-bond acceptors (Lipinski definition) is 4. The molecule has 168 valence electrons. The van der Waals surface area contributed by atoms with Crippen LogP contribution in [0.2, 0.25) is 0 Å². The minimum Gasteiger partial charge on any atom is -0.344 e. The van der Waals surface area contributed by atoms with E-state index in [1.165, 1.54) is 0 Å². The Morgan fingerprint density at radius 3 is 2.36 bits per heavy atom. The molecule has 1 N–H and O–H groups in total. The van der Waals surface area contributed by atoms with Gasteiger partial charge in [-0.15, -0.1) is 0 Å². The number of para-hydroxylation sites is 2.